The van der Waals surface area contributed by atoms with Crippen molar-refractivity contribution in [2.24, 2.45) is 5.73 Å². The number of hydrogen-bond donors (Lipinski definition) is 3. The summed E-state index contributed by atoms with van der Waals surface area (Å²) in [5, 5.41) is 5.48. The molecule has 0 saturated carbocycles. The van der Waals surface area contributed by atoms with Crippen LogP contribution in [0, 0.1) is 6.92 Å². The molecular weight excluding hydrogens is 322 g/mol. The Hall–Kier alpha value is -3.06. The first-order valence-electron chi connectivity index (χ1n) is 7.61. The van der Waals surface area contributed by atoms with Gasteiger partial charge in [-0.05, 0) is 36.8 Å². The normalized spacial score (nSPS) is 10.1. The van der Waals surface area contributed by atoms with Gasteiger partial charge in [-0.2, -0.15) is 0 Å². The Morgan fingerprint density at radius 2 is 1.64 bits per heavy atom. The molecule has 0 unspecified atom stereocenters. The Morgan fingerprint density at radius 1 is 1.00 bits per heavy atom. The van der Waals surface area contributed by atoms with Crippen LogP contribution in [0.4, 0.5) is 11.4 Å². The number of nitrogens with two attached hydrogens (primary N) is 1. The van der Waals surface area contributed by atoms with E-state index in [0.29, 0.717) is 28.4 Å². The lowest BCUT2D eigenvalue weighted by atomic mass is 10.1. The molecule has 7 nitrogen and oxygen atoms in total. The highest BCUT2D eigenvalue weighted by atomic mass is 16.5. The Morgan fingerprint density at radius 3 is 2.20 bits per heavy atom. The number of carbonyl (C=O) groups excluding carboxylic acids is 2. The first-order valence-corrected chi connectivity index (χ1v) is 7.61. The van der Waals surface area contributed by atoms with Gasteiger partial charge in [0.2, 0.25) is 5.91 Å². The standard InChI is InChI=1S/C18H21N3O4/c1-11-4-5-13(8-16(11)21-17(22)10-19)20-18(23)12-6-14(24-2)9-15(7-12)25-3/h4-9H,10,19H2,1-3H3,(H,20,23)(H,21,22). The fraction of sp³-hybridized carbons (Fsp3) is 0.222. The average Bonchev–Trinajstić information content (AvgIpc) is 2.63. The molecule has 0 atom stereocenters. The molecule has 2 aromatic carbocycles. The minimum absolute atomic E-state index is 0.111. The molecule has 0 aromatic heterocycles. The van der Waals surface area contributed by atoms with Crippen molar-refractivity contribution in [3.05, 3.63) is 47.5 Å². The van der Waals surface area contributed by atoms with Crippen LogP contribution in [-0.2, 0) is 4.79 Å². The number of aryl methyl sites for hydroxylation is 1. The van der Waals surface area contributed by atoms with Crippen LogP contribution in [0.3, 0.4) is 0 Å². The summed E-state index contributed by atoms with van der Waals surface area (Å²) in [7, 11) is 3.03. The number of anilines is 2. The number of amides is 2. The maximum atomic E-state index is 12.5. The topological polar surface area (TPSA) is 103 Å². The van der Waals surface area contributed by atoms with Crippen molar-refractivity contribution >= 4 is 23.2 Å². The lowest BCUT2D eigenvalue weighted by Crippen LogP contribution is -2.22. The molecule has 0 heterocycles. The van der Waals surface area contributed by atoms with E-state index in [2.05, 4.69) is 10.6 Å². The minimum atomic E-state index is -0.322. The average molecular weight is 343 g/mol. The molecule has 0 aliphatic carbocycles. The van der Waals surface area contributed by atoms with Gasteiger partial charge in [-0.1, -0.05) is 6.07 Å². The molecule has 0 fully saturated rings. The van der Waals surface area contributed by atoms with Crippen LogP contribution >= 0.6 is 0 Å². The molecule has 7 heteroatoms. The van der Waals surface area contributed by atoms with Crippen molar-refractivity contribution in [3.8, 4) is 11.5 Å². The number of hydrogen-bond acceptors (Lipinski definition) is 5. The van der Waals surface area contributed by atoms with E-state index in [0.717, 1.165) is 5.56 Å². The largest absolute Gasteiger partial charge is 0.497 e. The van der Waals surface area contributed by atoms with Gasteiger partial charge in [0.25, 0.3) is 5.91 Å². The molecule has 132 valence electrons. The summed E-state index contributed by atoms with van der Waals surface area (Å²) in [6.07, 6.45) is 0. The predicted octanol–water partition coefficient (Wildman–Crippen LogP) is 2.16. The summed E-state index contributed by atoms with van der Waals surface area (Å²) < 4.78 is 10.3. The zero-order valence-electron chi connectivity index (χ0n) is 14.4. The van der Waals surface area contributed by atoms with E-state index in [1.807, 2.05) is 6.92 Å². The van der Waals surface area contributed by atoms with Crippen LogP contribution in [0.25, 0.3) is 0 Å². The van der Waals surface area contributed by atoms with Crippen LogP contribution in [0.15, 0.2) is 36.4 Å². The number of ether oxygens (including phenoxy) is 2. The van der Waals surface area contributed by atoms with Gasteiger partial charge in [0, 0.05) is 23.0 Å². The van der Waals surface area contributed by atoms with Crippen LogP contribution in [0.2, 0.25) is 0 Å². The van der Waals surface area contributed by atoms with E-state index in [4.69, 9.17) is 15.2 Å². The molecule has 0 aliphatic rings. The van der Waals surface area contributed by atoms with E-state index in [9.17, 15) is 9.59 Å². The number of carbonyl (C=O) groups is 2. The Balaban J connectivity index is 2.23. The molecule has 25 heavy (non-hydrogen) atoms. The van der Waals surface area contributed by atoms with Crippen molar-refractivity contribution in [1.29, 1.82) is 0 Å². The van der Waals surface area contributed by atoms with Crippen LogP contribution in [0.5, 0.6) is 11.5 Å². The number of methoxy groups -OCH3 is 2. The summed E-state index contributed by atoms with van der Waals surface area (Å²) in [4.78, 5) is 24.0. The zero-order valence-corrected chi connectivity index (χ0v) is 14.4. The first-order chi connectivity index (χ1) is 12.0. The second kappa shape index (κ2) is 8.16. The van der Waals surface area contributed by atoms with Crippen LogP contribution in [-0.4, -0.2) is 32.6 Å². The van der Waals surface area contributed by atoms with Crippen molar-refractivity contribution in [1.82, 2.24) is 0 Å². The fourth-order valence-corrected chi connectivity index (χ4v) is 2.18. The number of rotatable bonds is 6. The second-order valence-corrected chi connectivity index (χ2v) is 5.34. The Labute approximate surface area is 146 Å². The van der Waals surface area contributed by atoms with Crippen molar-refractivity contribution in [2.75, 3.05) is 31.4 Å². The van der Waals surface area contributed by atoms with Gasteiger partial charge in [-0.15, -0.1) is 0 Å². The van der Waals surface area contributed by atoms with Gasteiger partial charge in [0.05, 0.1) is 20.8 Å². The molecule has 4 N–H and O–H groups in total. The third kappa shape index (κ3) is 4.71. The maximum absolute atomic E-state index is 12.5. The van der Waals surface area contributed by atoms with Gasteiger partial charge in [0.15, 0.2) is 0 Å². The molecule has 2 aromatic rings. The highest BCUT2D eigenvalue weighted by molar-refractivity contribution is 6.05. The number of benzene rings is 2. The molecule has 0 radical (unpaired) electrons. The smallest absolute Gasteiger partial charge is 0.255 e. The van der Waals surface area contributed by atoms with E-state index in [1.54, 1.807) is 36.4 Å². The van der Waals surface area contributed by atoms with Gasteiger partial charge < -0.3 is 25.8 Å². The minimum Gasteiger partial charge on any atom is -0.497 e. The first kappa shape index (κ1) is 18.3. The summed E-state index contributed by atoms with van der Waals surface area (Å²) in [5.74, 6) is 0.412. The molecule has 0 bridgehead atoms. The van der Waals surface area contributed by atoms with Crippen molar-refractivity contribution < 1.29 is 19.1 Å². The SMILES string of the molecule is COc1cc(OC)cc(C(=O)Nc2ccc(C)c(NC(=O)CN)c2)c1. The highest BCUT2D eigenvalue weighted by Gasteiger charge is 2.11. The van der Waals surface area contributed by atoms with Crippen molar-refractivity contribution in [3.63, 3.8) is 0 Å². The van der Waals surface area contributed by atoms with Crippen LogP contribution < -0.4 is 25.8 Å². The second-order valence-electron chi connectivity index (χ2n) is 5.34. The third-order valence-electron chi connectivity index (χ3n) is 3.57. The molecule has 0 spiro atoms. The third-order valence-corrected chi connectivity index (χ3v) is 3.57. The van der Waals surface area contributed by atoms with Gasteiger partial charge in [-0.3, -0.25) is 9.59 Å². The maximum Gasteiger partial charge on any atom is 0.255 e. The quantitative estimate of drug-likeness (QED) is 0.746. The van der Waals surface area contributed by atoms with E-state index in [-0.39, 0.29) is 18.4 Å². The van der Waals surface area contributed by atoms with E-state index < -0.39 is 0 Å². The monoisotopic (exact) mass is 343 g/mol. The van der Waals surface area contributed by atoms with Gasteiger partial charge in [-0.25, -0.2) is 0 Å². The molecular formula is C18H21N3O4. The van der Waals surface area contributed by atoms with E-state index in [1.165, 1.54) is 14.2 Å². The molecule has 2 rings (SSSR count). The zero-order chi connectivity index (χ0) is 18.4. The van der Waals surface area contributed by atoms with Gasteiger partial charge >= 0.3 is 0 Å². The predicted molar refractivity (Wildman–Crippen MR) is 96.4 cm³/mol. The van der Waals surface area contributed by atoms with E-state index >= 15 is 0 Å². The Bertz CT molecular complexity index is 768. The highest BCUT2D eigenvalue weighted by Crippen LogP contribution is 2.24. The summed E-state index contributed by atoms with van der Waals surface area (Å²) in [6.45, 7) is 1.74. The van der Waals surface area contributed by atoms with Gasteiger partial charge in [0.1, 0.15) is 11.5 Å². The van der Waals surface area contributed by atoms with Crippen molar-refractivity contribution in [2.45, 2.75) is 6.92 Å². The molecule has 2 amide bonds. The summed E-state index contributed by atoms with van der Waals surface area (Å²) >= 11 is 0. The summed E-state index contributed by atoms with van der Waals surface area (Å²) in [5.41, 5.74) is 7.71. The van der Waals surface area contributed by atoms with Crippen LogP contribution in [0.1, 0.15) is 15.9 Å². The fourth-order valence-electron chi connectivity index (χ4n) is 2.18. The molecule has 0 saturated heterocycles. The lowest BCUT2D eigenvalue weighted by molar-refractivity contribution is -0.114. The number of nitrogens with one attached hydrogen (secondary N) is 2. The Kier molecular flexibility index (Phi) is 5.97. The molecule has 0 aliphatic heterocycles. The summed E-state index contributed by atoms with van der Waals surface area (Å²) in [6, 6.07) is 10.1. The lowest BCUT2D eigenvalue weighted by Gasteiger charge is -2.12.